The first-order valence-electron chi connectivity index (χ1n) is 9.45. The van der Waals surface area contributed by atoms with Crippen LogP contribution < -0.4 is 5.32 Å². The van der Waals surface area contributed by atoms with Gasteiger partial charge in [-0.15, -0.1) is 0 Å². The third-order valence-electron chi connectivity index (χ3n) is 5.94. The molecule has 3 nitrogen and oxygen atoms in total. The zero-order valence-electron chi connectivity index (χ0n) is 15.2. The number of likely N-dealkylation sites (tertiary alicyclic amines) is 1. The predicted molar refractivity (Wildman–Crippen MR) is 97.0 cm³/mol. The van der Waals surface area contributed by atoms with Crippen LogP contribution in [0.2, 0.25) is 0 Å². The Labute approximate surface area is 154 Å². The number of piperidine rings is 1. The molecule has 1 aromatic rings. The molecule has 1 heterocycles. The number of carbonyl (C=O) groups excluding carboxylic acids is 1. The van der Waals surface area contributed by atoms with Crippen LogP contribution in [-0.4, -0.2) is 36.6 Å². The first-order valence-corrected chi connectivity index (χ1v) is 9.45. The molecule has 1 aliphatic heterocycles. The lowest BCUT2D eigenvalue weighted by atomic mass is 9.63. The molecule has 1 aromatic carbocycles. The van der Waals surface area contributed by atoms with E-state index >= 15 is 0 Å². The van der Waals surface area contributed by atoms with E-state index in [4.69, 9.17) is 0 Å². The average molecular weight is 370 g/mol. The lowest BCUT2D eigenvalue weighted by Gasteiger charge is -2.47. The van der Waals surface area contributed by atoms with Crippen molar-refractivity contribution in [3.05, 3.63) is 35.4 Å². The molecule has 146 valence electrons. The van der Waals surface area contributed by atoms with Crippen molar-refractivity contribution in [2.24, 2.45) is 0 Å². The fourth-order valence-electron chi connectivity index (χ4n) is 4.62. The Morgan fingerprint density at radius 1 is 1.27 bits per heavy atom. The Morgan fingerprint density at radius 3 is 2.62 bits per heavy atom. The van der Waals surface area contributed by atoms with Gasteiger partial charge < -0.3 is 10.2 Å². The highest BCUT2D eigenvalue weighted by Crippen LogP contribution is 2.47. The van der Waals surface area contributed by atoms with Gasteiger partial charge in [0, 0.05) is 14.8 Å². The number of amides is 1. The van der Waals surface area contributed by atoms with Gasteiger partial charge in [0.1, 0.15) is 0 Å². The van der Waals surface area contributed by atoms with Crippen molar-refractivity contribution in [2.75, 3.05) is 19.6 Å². The summed E-state index contributed by atoms with van der Waals surface area (Å²) in [6.45, 7) is 3.76. The molecule has 0 bridgehead atoms. The quantitative estimate of drug-likeness (QED) is 0.841. The maximum Gasteiger partial charge on any atom is 0.389 e. The second kappa shape index (κ2) is 7.59. The van der Waals surface area contributed by atoms with Gasteiger partial charge in [-0.3, -0.25) is 4.79 Å². The number of hydrogen-bond acceptors (Lipinski definition) is 2. The van der Waals surface area contributed by atoms with Crippen molar-refractivity contribution in [1.82, 2.24) is 10.2 Å². The van der Waals surface area contributed by atoms with Crippen LogP contribution >= 0.6 is 0 Å². The maximum absolute atomic E-state index is 12.3. The van der Waals surface area contributed by atoms with E-state index in [1.165, 1.54) is 11.1 Å². The van der Waals surface area contributed by atoms with E-state index in [1.807, 2.05) is 12.1 Å². The van der Waals surface area contributed by atoms with E-state index in [2.05, 4.69) is 22.3 Å². The summed E-state index contributed by atoms with van der Waals surface area (Å²) >= 11 is 0. The molecular formula is C20H29F3N2O. The van der Waals surface area contributed by atoms with Gasteiger partial charge >= 0.3 is 6.18 Å². The van der Waals surface area contributed by atoms with Crippen molar-refractivity contribution in [1.29, 1.82) is 0 Å². The number of nitrogens with one attached hydrogen (secondary N) is 1. The summed E-state index contributed by atoms with van der Waals surface area (Å²) in [4.78, 5) is 13.7. The van der Waals surface area contributed by atoms with Gasteiger partial charge in [0.25, 0.3) is 0 Å². The molecule has 0 radical (unpaired) electrons. The van der Waals surface area contributed by atoms with Gasteiger partial charge in [-0.2, -0.15) is 13.2 Å². The highest BCUT2D eigenvalue weighted by Gasteiger charge is 2.42. The van der Waals surface area contributed by atoms with Crippen LogP contribution in [-0.2, 0) is 10.2 Å². The number of alkyl halides is 3. The Kier molecular flexibility index (Phi) is 5.61. The number of benzene rings is 1. The Hall–Kier alpha value is -1.56. The van der Waals surface area contributed by atoms with Gasteiger partial charge in [0.15, 0.2) is 0 Å². The predicted octanol–water partition coefficient (Wildman–Crippen LogP) is 4.58. The normalized spacial score (nSPS) is 22.8. The monoisotopic (exact) mass is 370 g/mol. The molecular weight excluding hydrogens is 341 g/mol. The molecule has 1 fully saturated rings. The Bertz CT molecular complexity index is 642. The third kappa shape index (κ3) is 4.40. The van der Waals surface area contributed by atoms with E-state index in [0.29, 0.717) is 6.54 Å². The largest absolute Gasteiger partial charge is 0.389 e. The van der Waals surface area contributed by atoms with Gasteiger partial charge in [0.05, 0.1) is 6.04 Å². The Morgan fingerprint density at radius 2 is 1.96 bits per heavy atom. The molecule has 1 amide bonds. The standard InChI is InChI=1S/C20H27F3N2O.H2/c1-15(26)24-18-7-9-19(17-6-3-2-5-16(17)18)10-13-25(14-11-19)12-4-8-20(21,22)23;/h2-3,5-6,18H,4,7-14H2,1H3,(H,24,26);1H/t18-;/m0./s1. The Balaban J connectivity index is 0.00000261. The van der Waals surface area contributed by atoms with Gasteiger partial charge in [0.2, 0.25) is 5.91 Å². The fourth-order valence-corrected chi connectivity index (χ4v) is 4.62. The van der Waals surface area contributed by atoms with E-state index in [-0.39, 0.29) is 25.2 Å². The van der Waals surface area contributed by atoms with E-state index < -0.39 is 12.6 Å². The molecule has 0 aromatic heterocycles. The summed E-state index contributed by atoms with van der Waals surface area (Å²) in [5.74, 6) is -0.0137. The third-order valence-corrected chi connectivity index (χ3v) is 5.94. The molecule has 0 unspecified atom stereocenters. The fraction of sp³-hybridized carbons (Fsp3) is 0.650. The second-order valence-electron chi connectivity index (χ2n) is 7.72. The molecule has 1 aliphatic carbocycles. The molecule has 26 heavy (non-hydrogen) atoms. The first kappa shape index (κ1) is 19.2. The van der Waals surface area contributed by atoms with Crippen molar-refractivity contribution < 1.29 is 19.4 Å². The maximum atomic E-state index is 12.3. The smallest absolute Gasteiger partial charge is 0.350 e. The zero-order chi connectivity index (χ0) is 18.8. The lowest BCUT2D eigenvalue weighted by Crippen LogP contribution is -2.46. The molecule has 1 spiro atoms. The summed E-state index contributed by atoms with van der Waals surface area (Å²) in [6, 6.07) is 8.40. The minimum Gasteiger partial charge on any atom is -0.350 e. The topological polar surface area (TPSA) is 32.3 Å². The molecule has 3 rings (SSSR count). The number of nitrogens with zero attached hydrogens (tertiary/aromatic N) is 1. The minimum atomic E-state index is -4.06. The van der Waals surface area contributed by atoms with Crippen LogP contribution in [0.15, 0.2) is 24.3 Å². The summed E-state index contributed by atoms with van der Waals surface area (Å²) in [6.07, 6.45) is -0.687. The summed E-state index contributed by atoms with van der Waals surface area (Å²) in [7, 11) is 0. The molecule has 1 atom stereocenters. The van der Waals surface area contributed by atoms with Crippen LogP contribution in [0.4, 0.5) is 13.2 Å². The van der Waals surface area contributed by atoms with Crippen LogP contribution in [0.25, 0.3) is 0 Å². The highest BCUT2D eigenvalue weighted by molar-refractivity contribution is 5.73. The van der Waals surface area contributed by atoms with Crippen LogP contribution in [0.3, 0.4) is 0 Å². The van der Waals surface area contributed by atoms with Gasteiger partial charge in [-0.1, -0.05) is 24.3 Å². The molecule has 0 saturated carbocycles. The molecule has 2 aliphatic rings. The average Bonchev–Trinajstić information content (AvgIpc) is 2.58. The summed E-state index contributed by atoms with van der Waals surface area (Å²) in [5.41, 5.74) is 2.63. The van der Waals surface area contributed by atoms with Gasteiger partial charge in [-0.05, 0) is 68.3 Å². The van der Waals surface area contributed by atoms with E-state index in [9.17, 15) is 18.0 Å². The van der Waals surface area contributed by atoms with Crippen LogP contribution in [0.1, 0.15) is 64.0 Å². The van der Waals surface area contributed by atoms with Gasteiger partial charge in [-0.25, -0.2) is 0 Å². The SMILES string of the molecule is CC(=O)N[C@H]1CCC2(CCN(CCCC(F)(F)F)CC2)c2ccccc21.[HH]. The second-order valence-corrected chi connectivity index (χ2v) is 7.72. The van der Waals surface area contributed by atoms with E-state index in [0.717, 1.165) is 38.8 Å². The number of fused-ring (bicyclic) bond motifs is 2. The summed E-state index contributed by atoms with van der Waals surface area (Å²) < 4.78 is 37.0. The van der Waals surface area contributed by atoms with Crippen LogP contribution in [0.5, 0.6) is 0 Å². The van der Waals surface area contributed by atoms with Crippen LogP contribution in [0, 0.1) is 0 Å². The van der Waals surface area contributed by atoms with Crippen molar-refractivity contribution in [3.63, 3.8) is 0 Å². The number of carbonyl (C=O) groups is 1. The van der Waals surface area contributed by atoms with E-state index in [1.54, 1.807) is 6.92 Å². The van der Waals surface area contributed by atoms with Crippen molar-refractivity contribution in [3.8, 4) is 0 Å². The molecule has 6 heteroatoms. The first-order chi connectivity index (χ1) is 12.3. The molecule has 1 N–H and O–H groups in total. The zero-order valence-corrected chi connectivity index (χ0v) is 15.2. The highest BCUT2D eigenvalue weighted by atomic mass is 19.4. The number of hydrogen-bond donors (Lipinski definition) is 1. The number of rotatable bonds is 4. The summed E-state index contributed by atoms with van der Waals surface area (Å²) in [5, 5.41) is 3.05. The lowest BCUT2D eigenvalue weighted by molar-refractivity contribution is -0.136. The number of halogens is 3. The van der Waals surface area contributed by atoms with Crippen molar-refractivity contribution in [2.45, 2.75) is 63.1 Å². The van der Waals surface area contributed by atoms with Crippen molar-refractivity contribution >= 4 is 5.91 Å². The minimum absolute atomic E-state index is 0. The molecule has 1 saturated heterocycles.